The monoisotopic (exact) mass is 264 g/mol. The maximum Gasteiger partial charge on any atom is 0.258 e. The van der Waals surface area contributed by atoms with E-state index in [0.29, 0.717) is 16.3 Å². The molecule has 0 atom stereocenters. The minimum atomic E-state index is -0.228. The number of rotatable bonds is 3. The molecule has 0 bridgehead atoms. The molecule has 0 spiro atoms. The number of benzene rings is 1. The van der Waals surface area contributed by atoms with E-state index in [2.05, 4.69) is 5.32 Å². The van der Waals surface area contributed by atoms with Gasteiger partial charge in [0.2, 0.25) is 0 Å². The van der Waals surface area contributed by atoms with Crippen LogP contribution in [0.4, 0.5) is 11.4 Å². The number of carbonyl (C=O) groups is 1. The summed E-state index contributed by atoms with van der Waals surface area (Å²) in [4.78, 5) is 13.8. The highest BCUT2D eigenvalue weighted by Crippen LogP contribution is 2.28. The third kappa shape index (κ3) is 2.65. The summed E-state index contributed by atoms with van der Waals surface area (Å²) in [7, 11) is 3.80. The molecule has 0 aliphatic rings. The second-order valence-electron chi connectivity index (χ2n) is 4.02. The highest BCUT2D eigenvalue weighted by molar-refractivity contribution is 6.31. The molecule has 0 aliphatic carbocycles. The number of furan rings is 1. The van der Waals surface area contributed by atoms with Gasteiger partial charge in [0.1, 0.15) is 6.26 Å². The molecule has 1 aromatic heterocycles. The van der Waals surface area contributed by atoms with Crippen LogP contribution in [-0.4, -0.2) is 20.0 Å². The van der Waals surface area contributed by atoms with E-state index in [1.54, 1.807) is 18.2 Å². The van der Waals surface area contributed by atoms with E-state index in [1.165, 1.54) is 12.5 Å². The summed E-state index contributed by atoms with van der Waals surface area (Å²) in [5.41, 5.74) is 2.02. The fourth-order valence-electron chi connectivity index (χ4n) is 1.59. The normalized spacial score (nSPS) is 10.2. The number of halogens is 1. The largest absolute Gasteiger partial charge is 0.472 e. The minimum absolute atomic E-state index is 0.228. The standard InChI is InChI=1S/C13H13ClN2O2/c1-16(2)12-4-3-10(14)7-11(12)15-13(17)9-5-6-18-8-9/h3-8H,1-2H3,(H,15,17). The number of carbonyl (C=O) groups excluding carboxylic acids is 1. The van der Waals surface area contributed by atoms with Crippen molar-refractivity contribution in [1.29, 1.82) is 0 Å². The first-order valence-electron chi connectivity index (χ1n) is 5.38. The fraction of sp³-hybridized carbons (Fsp3) is 0.154. The van der Waals surface area contributed by atoms with Crippen LogP contribution in [0.2, 0.25) is 5.02 Å². The highest BCUT2D eigenvalue weighted by atomic mass is 35.5. The van der Waals surface area contributed by atoms with Crippen molar-refractivity contribution in [3.8, 4) is 0 Å². The number of hydrogen-bond donors (Lipinski definition) is 1. The van der Waals surface area contributed by atoms with Gasteiger partial charge in [-0.05, 0) is 24.3 Å². The lowest BCUT2D eigenvalue weighted by Crippen LogP contribution is -2.16. The van der Waals surface area contributed by atoms with E-state index in [4.69, 9.17) is 16.0 Å². The lowest BCUT2D eigenvalue weighted by molar-refractivity contribution is 0.102. The van der Waals surface area contributed by atoms with Gasteiger partial charge >= 0.3 is 0 Å². The van der Waals surface area contributed by atoms with Crippen molar-refractivity contribution in [2.24, 2.45) is 0 Å². The number of amides is 1. The van der Waals surface area contributed by atoms with Gasteiger partial charge in [0, 0.05) is 19.1 Å². The zero-order chi connectivity index (χ0) is 13.1. The predicted octanol–water partition coefficient (Wildman–Crippen LogP) is 3.25. The molecule has 0 saturated heterocycles. The third-order valence-corrected chi connectivity index (χ3v) is 2.71. The molecule has 1 amide bonds. The van der Waals surface area contributed by atoms with E-state index in [9.17, 15) is 4.79 Å². The van der Waals surface area contributed by atoms with E-state index in [0.717, 1.165) is 5.69 Å². The van der Waals surface area contributed by atoms with Crippen LogP contribution in [0.3, 0.4) is 0 Å². The van der Waals surface area contributed by atoms with Gasteiger partial charge in [0.25, 0.3) is 5.91 Å². The van der Waals surface area contributed by atoms with E-state index < -0.39 is 0 Å². The molecule has 4 nitrogen and oxygen atoms in total. The second kappa shape index (κ2) is 5.14. The van der Waals surface area contributed by atoms with Crippen molar-refractivity contribution in [2.45, 2.75) is 0 Å². The number of anilines is 2. The molecule has 1 heterocycles. The molecular weight excluding hydrogens is 252 g/mol. The van der Waals surface area contributed by atoms with Gasteiger partial charge in [0.15, 0.2) is 0 Å². The molecule has 2 aromatic rings. The molecule has 2 rings (SSSR count). The van der Waals surface area contributed by atoms with E-state index >= 15 is 0 Å². The topological polar surface area (TPSA) is 45.5 Å². The molecule has 1 N–H and O–H groups in total. The first kappa shape index (κ1) is 12.5. The van der Waals surface area contributed by atoms with E-state index in [1.807, 2.05) is 25.1 Å². The summed E-state index contributed by atoms with van der Waals surface area (Å²) < 4.78 is 4.88. The van der Waals surface area contributed by atoms with Crippen LogP contribution in [0.1, 0.15) is 10.4 Å². The Morgan fingerprint density at radius 3 is 2.72 bits per heavy atom. The number of nitrogens with zero attached hydrogens (tertiary/aromatic N) is 1. The quantitative estimate of drug-likeness (QED) is 0.926. The predicted molar refractivity (Wildman–Crippen MR) is 72.4 cm³/mol. The van der Waals surface area contributed by atoms with E-state index in [-0.39, 0.29) is 5.91 Å². The zero-order valence-corrected chi connectivity index (χ0v) is 10.9. The Labute approximate surface area is 110 Å². The van der Waals surface area contributed by atoms with Gasteiger partial charge in [-0.3, -0.25) is 4.79 Å². The Morgan fingerprint density at radius 2 is 2.11 bits per heavy atom. The molecule has 0 radical (unpaired) electrons. The summed E-state index contributed by atoms with van der Waals surface area (Å²) in [6.07, 6.45) is 2.86. The fourth-order valence-corrected chi connectivity index (χ4v) is 1.76. The number of nitrogens with one attached hydrogen (secondary N) is 1. The first-order chi connectivity index (χ1) is 8.58. The zero-order valence-electron chi connectivity index (χ0n) is 10.1. The van der Waals surface area contributed by atoms with Crippen LogP contribution in [-0.2, 0) is 0 Å². The molecule has 5 heteroatoms. The minimum Gasteiger partial charge on any atom is -0.472 e. The molecule has 0 fully saturated rings. The van der Waals surface area contributed by atoms with Crippen LogP contribution >= 0.6 is 11.6 Å². The van der Waals surface area contributed by atoms with Crippen molar-refractivity contribution >= 4 is 28.9 Å². The highest BCUT2D eigenvalue weighted by Gasteiger charge is 2.11. The van der Waals surface area contributed by atoms with Gasteiger partial charge in [-0.15, -0.1) is 0 Å². The van der Waals surface area contributed by atoms with Crippen molar-refractivity contribution in [3.63, 3.8) is 0 Å². The van der Waals surface area contributed by atoms with Crippen LogP contribution in [0.25, 0.3) is 0 Å². The van der Waals surface area contributed by atoms with Gasteiger partial charge in [0.05, 0.1) is 23.2 Å². The Hall–Kier alpha value is -1.94. The maximum absolute atomic E-state index is 11.9. The average Bonchev–Trinajstić information content (AvgIpc) is 2.81. The summed E-state index contributed by atoms with van der Waals surface area (Å²) in [5, 5.41) is 3.38. The summed E-state index contributed by atoms with van der Waals surface area (Å²) in [5.74, 6) is -0.228. The molecule has 94 valence electrons. The third-order valence-electron chi connectivity index (χ3n) is 2.47. The summed E-state index contributed by atoms with van der Waals surface area (Å²) in [6.45, 7) is 0. The van der Waals surface area contributed by atoms with Gasteiger partial charge in [-0.25, -0.2) is 0 Å². The van der Waals surface area contributed by atoms with Crippen LogP contribution < -0.4 is 10.2 Å². The second-order valence-corrected chi connectivity index (χ2v) is 4.46. The van der Waals surface area contributed by atoms with Crippen molar-refractivity contribution in [3.05, 3.63) is 47.4 Å². The Balaban J connectivity index is 2.28. The molecule has 0 aliphatic heterocycles. The average molecular weight is 265 g/mol. The Kier molecular flexibility index (Phi) is 3.58. The molecular formula is C13H13ClN2O2. The van der Waals surface area contributed by atoms with Crippen molar-refractivity contribution in [1.82, 2.24) is 0 Å². The molecule has 18 heavy (non-hydrogen) atoms. The lowest BCUT2D eigenvalue weighted by Gasteiger charge is -2.18. The lowest BCUT2D eigenvalue weighted by atomic mass is 10.2. The smallest absolute Gasteiger partial charge is 0.258 e. The molecule has 0 saturated carbocycles. The van der Waals surface area contributed by atoms with Gasteiger partial charge in [-0.1, -0.05) is 11.6 Å². The Bertz CT molecular complexity index is 550. The van der Waals surface area contributed by atoms with Gasteiger partial charge in [-0.2, -0.15) is 0 Å². The maximum atomic E-state index is 11.9. The molecule has 0 unspecified atom stereocenters. The first-order valence-corrected chi connectivity index (χ1v) is 5.76. The summed E-state index contributed by atoms with van der Waals surface area (Å²) >= 11 is 5.94. The van der Waals surface area contributed by atoms with Crippen molar-refractivity contribution < 1.29 is 9.21 Å². The van der Waals surface area contributed by atoms with Crippen molar-refractivity contribution in [2.75, 3.05) is 24.3 Å². The molecule has 1 aromatic carbocycles. The van der Waals surface area contributed by atoms with Crippen LogP contribution in [0, 0.1) is 0 Å². The number of hydrogen-bond acceptors (Lipinski definition) is 3. The van der Waals surface area contributed by atoms with Gasteiger partial charge < -0.3 is 14.6 Å². The Morgan fingerprint density at radius 1 is 1.33 bits per heavy atom. The van der Waals surface area contributed by atoms with Crippen LogP contribution in [0.5, 0.6) is 0 Å². The van der Waals surface area contributed by atoms with Crippen LogP contribution in [0.15, 0.2) is 41.2 Å². The SMILES string of the molecule is CN(C)c1ccc(Cl)cc1NC(=O)c1ccoc1. The summed E-state index contributed by atoms with van der Waals surface area (Å²) in [6, 6.07) is 6.96.